The number of thiazole rings is 1. The van der Waals surface area contributed by atoms with Crippen LogP contribution in [-0.4, -0.2) is 33.4 Å². The molecule has 8 heteroatoms. The first-order chi connectivity index (χ1) is 10.5. The lowest BCUT2D eigenvalue weighted by atomic mass is 9.80. The van der Waals surface area contributed by atoms with Gasteiger partial charge in [0.1, 0.15) is 11.6 Å². The van der Waals surface area contributed by atoms with E-state index < -0.39 is 30.0 Å². The molecule has 2 N–H and O–H groups in total. The Morgan fingerprint density at radius 2 is 1.70 bits per heavy atom. The maximum absolute atomic E-state index is 13.4. The Bertz CT molecular complexity index is 680. The lowest BCUT2D eigenvalue weighted by Crippen LogP contribution is -2.53. The number of nitrogens with zero attached hydrogens (tertiary/aromatic N) is 1. The lowest BCUT2D eigenvalue weighted by Gasteiger charge is -2.38. The van der Waals surface area contributed by atoms with Crippen LogP contribution in [0.25, 0.3) is 11.3 Å². The fourth-order valence-electron chi connectivity index (χ4n) is 1.81. The molecule has 0 radical (unpaired) electrons. The van der Waals surface area contributed by atoms with Crippen molar-refractivity contribution in [1.82, 2.24) is 4.98 Å². The van der Waals surface area contributed by atoms with Crippen LogP contribution < -0.4 is 4.78 Å². The van der Waals surface area contributed by atoms with Crippen LogP contribution in [0.1, 0.15) is 27.7 Å². The number of aliphatic hydroxyl groups is 1. The van der Waals surface area contributed by atoms with E-state index in [0.717, 1.165) is 29.5 Å². The highest BCUT2D eigenvalue weighted by atomic mass is 32.1. The molecular weight excluding hydrogens is 323 g/mol. The van der Waals surface area contributed by atoms with Gasteiger partial charge in [0.2, 0.25) is 0 Å². The standard InChI is InChI=1S/C15H18BF2NO3S/c1-14(2,20)15(3,4)22-16(21)13-12(19-8-23-13)9-5-10(17)7-11(18)6-9/h5-8,20-21H,1-4H3. The average Bonchev–Trinajstić information content (AvgIpc) is 2.84. The van der Waals surface area contributed by atoms with E-state index in [0.29, 0.717) is 4.78 Å². The Morgan fingerprint density at radius 3 is 2.22 bits per heavy atom. The van der Waals surface area contributed by atoms with Gasteiger partial charge in [0.25, 0.3) is 0 Å². The van der Waals surface area contributed by atoms with Crippen molar-refractivity contribution in [2.45, 2.75) is 38.9 Å². The SMILES string of the molecule is CC(C)(O)C(C)(C)OB(O)c1scnc1-c1cc(F)cc(F)c1. The molecule has 1 heterocycles. The van der Waals surface area contributed by atoms with E-state index in [1.54, 1.807) is 27.7 Å². The zero-order valence-corrected chi connectivity index (χ0v) is 14.1. The van der Waals surface area contributed by atoms with Crippen molar-refractivity contribution >= 4 is 23.2 Å². The smallest absolute Gasteiger partial charge is 0.422 e. The largest absolute Gasteiger partial charge is 0.504 e. The molecule has 0 saturated heterocycles. The van der Waals surface area contributed by atoms with Crippen LogP contribution in [0.5, 0.6) is 0 Å². The molecule has 4 nitrogen and oxygen atoms in total. The minimum absolute atomic E-state index is 0.211. The second-order valence-electron chi connectivity index (χ2n) is 6.26. The Kier molecular flexibility index (Phi) is 4.91. The third-order valence-corrected chi connectivity index (χ3v) is 4.69. The zero-order valence-electron chi connectivity index (χ0n) is 13.3. The molecule has 0 aliphatic heterocycles. The van der Waals surface area contributed by atoms with E-state index in [1.807, 2.05) is 0 Å². The number of rotatable bonds is 5. The molecule has 0 atom stereocenters. The van der Waals surface area contributed by atoms with E-state index in [1.165, 1.54) is 5.51 Å². The van der Waals surface area contributed by atoms with Gasteiger partial charge in [-0.1, -0.05) is 0 Å². The molecule has 0 aliphatic carbocycles. The summed E-state index contributed by atoms with van der Waals surface area (Å²) in [7, 11) is -1.38. The molecule has 23 heavy (non-hydrogen) atoms. The summed E-state index contributed by atoms with van der Waals surface area (Å²) in [6.45, 7) is 6.40. The van der Waals surface area contributed by atoms with Crippen LogP contribution in [0.4, 0.5) is 8.78 Å². The quantitative estimate of drug-likeness (QED) is 0.820. The molecule has 0 aliphatic rings. The van der Waals surface area contributed by atoms with Crippen LogP contribution in [-0.2, 0) is 4.65 Å². The van der Waals surface area contributed by atoms with E-state index in [9.17, 15) is 18.9 Å². The van der Waals surface area contributed by atoms with Gasteiger partial charge in [0, 0.05) is 11.6 Å². The summed E-state index contributed by atoms with van der Waals surface area (Å²) in [4.78, 5) is 4.06. The highest BCUT2D eigenvalue weighted by Crippen LogP contribution is 2.27. The van der Waals surface area contributed by atoms with Crippen molar-refractivity contribution in [3.8, 4) is 11.3 Å². The molecule has 124 valence electrons. The number of halogens is 2. The van der Waals surface area contributed by atoms with Gasteiger partial charge in [-0.25, -0.2) is 13.8 Å². The highest BCUT2D eigenvalue weighted by Gasteiger charge is 2.40. The number of aromatic nitrogens is 1. The van der Waals surface area contributed by atoms with Gasteiger partial charge >= 0.3 is 7.12 Å². The minimum atomic E-state index is -1.38. The van der Waals surface area contributed by atoms with Crippen molar-refractivity contribution in [2.24, 2.45) is 0 Å². The molecule has 0 amide bonds. The molecule has 0 unspecified atom stereocenters. The predicted molar refractivity (Wildman–Crippen MR) is 86.5 cm³/mol. The molecule has 2 aromatic rings. The Hall–Kier alpha value is -1.35. The lowest BCUT2D eigenvalue weighted by molar-refractivity contribution is -0.0981. The topological polar surface area (TPSA) is 62.6 Å². The Morgan fingerprint density at radius 1 is 1.13 bits per heavy atom. The first-order valence-corrected chi connectivity index (χ1v) is 7.87. The van der Waals surface area contributed by atoms with Crippen LogP contribution >= 0.6 is 11.3 Å². The van der Waals surface area contributed by atoms with Crippen LogP contribution in [0.15, 0.2) is 23.7 Å². The average molecular weight is 341 g/mol. The van der Waals surface area contributed by atoms with Gasteiger partial charge in [-0.2, -0.15) is 0 Å². The van der Waals surface area contributed by atoms with Crippen molar-refractivity contribution in [1.29, 1.82) is 0 Å². The predicted octanol–water partition coefficient (Wildman–Crippen LogP) is 2.34. The fraction of sp³-hybridized carbons (Fsp3) is 0.400. The minimum Gasteiger partial charge on any atom is -0.422 e. The normalized spacial score (nSPS) is 12.5. The van der Waals surface area contributed by atoms with Gasteiger partial charge in [0.05, 0.1) is 27.2 Å². The molecule has 0 saturated carbocycles. The molecule has 0 bridgehead atoms. The van der Waals surface area contributed by atoms with Gasteiger partial charge in [0.15, 0.2) is 0 Å². The van der Waals surface area contributed by atoms with Crippen molar-refractivity contribution in [3.63, 3.8) is 0 Å². The van der Waals surface area contributed by atoms with E-state index in [-0.39, 0.29) is 11.3 Å². The van der Waals surface area contributed by atoms with Crippen LogP contribution in [0.2, 0.25) is 0 Å². The van der Waals surface area contributed by atoms with E-state index in [2.05, 4.69) is 4.98 Å². The molecule has 0 spiro atoms. The summed E-state index contributed by atoms with van der Waals surface area (Å²) in [6.07, 6.45) is 0. The van der Waals surface area contributed by atoms with Crippen LogP contribution in [0.3, 0.4) is 0 Å². The van der Waals surface area contributed by atoms with Gasteiger partial charge in [-0.3, -0.25) is 0 Å². The van der Waals surface area contributed by atoms with Crippen molar-refractivity contribution in [2.75, 3.05) is 0 Å². The molecule has 1 aromatic heterocycles. The highest BCUT2D eigenvalue weighted by molar-refractivity contribution is 7.21. The first-order valence-electron chi connectivity index (χ1n) is 6.99. The van der Waals surface area contributed by atoms with Crippen molar-refractivity contribution in [3.05, 3.63) is 35.3 Å². The molecule has 2 rings (SSSR count). The van der Waals surface area contributed by atoms with Crippen molar-refractivity contribution < 1.29 is 23.6 Å². The third-order valence-electron chi connectivity index (χ3n) is 3.83. The third kappa shape index (κ3) is 3.95. The van der Waals surface area contributed by atoms with E-state index >= 15 is 0 Å². The first kappa shape index (κ1) is 18.0. The van der Waals surface area contributed by atoms with Gasteiger partial charge < -0.3 is 14.8 Å². The number of benzene rings is 1. The Labute approximate surface area is 137 Å². The van der Waals surface area contributed by atoms with Crippen LogP contribution in [0, 0.1) is 11.6 Å². The second-order valence-corrected chi connectivity index (χ2v) is 7.15. The molecular formula is C15H18BF2NO3S. The maximum atomic E-state index is 13.4. The summed E-state index contributed by atoms with van der Waals surface area (Å²) >= 11 is 1.10. The second kappa shape index (κ2) is 6.28. The van der Waals surface area contributed by atoms with Gasteiger partial charge in [-0.05, 0) is 39.8 Å². The summed E-state index contributed by atoms with van der Waals surface area (Å²) in [5.41, 5.74) is -0.350. The number of hydrogen-bond acceptors (Lipinski definition) is 5. The van der Waals surface area contributed by atoms with E-state index in [4.69, 9.17) is 4.65 Å². The summed E-state index contributed by atoms with van der Waals surface area (Å²) in [5, 5.41) is 20.4. The fourth-order valence-corrected chi connectivity index (χ4v) is 2.53. The molecule has 0 fully saturated rings. The summed E-state index contributed by atoms with van der Waals surface area (Å²) in [5.74, 6) is -1.46. The molecule has 1 aromatic carbocycles. The summed E-state index contributed by atoms with van der Waals surface area (Å²) < 4.78 is 32.6. The zero-order chi connectivity index (χ0) is 17.4. The monoisotopic (exact) mass is 341 g/mol. The maximum Gasteiger partial charge on any atom is 0.504 e. The number of hydrogen-bond donors (Lipinski definition) is 2. The summed E-state index contributed by atoms with van der Waals surface area (Å²) in [6, 6.07) is 3.03. The Balaban J connectivity index is 2.34. The van der Waals surface area contributed by atoms with Gasteiger partial charge in [-0.15, -0.1) is 11.3 Å².